The van der Waals surface area contributed by atoms with Gasteiger partial charge in [-0.2, -0.15) is 0 Å². The number of hydrogen-bond acceptors (Lipinski definition) is 4. The SMILES string of the molecule is CC(C)COc1ncnc2[nH]cc(C=O)c12. The van der Waals surface area contributed by atoms with E-state index >= 15 is 0 Å². The van der Waals surface area contributed by atoms with Crippen molar-refractivity contribution in [2.24, 2.45) is 5.92 Å². The highest BCUT2D eigenvalue weighted by Gasteiger charge is 2.11. The fraction of sp³-hybridized carbons (Fsp3) is 0.364. The summed E-state index contributed by atoms with van der Waals surface area (Å²) < 4.78 is 5.55. The number of rotatable bonds is 4. The van der Waals surface area contributed by atoms with Crippen LogP contribution in [0.25, 0.3) is 11.0 Å². The molecule has 2 heterocycles. The molecule has 0 unspecified atom stereocenters. The van der Waals surface area contributed by atoms with Crippen LogP contribution in [0.5, 0.6) is 5.88 Å². The van der Waals surface area contributed by atoms with Gasteiger partial charge in [-0.05, 0) is 5.92 Å². The molecule has 0 fully saturated rings. The van der Waals surface area contributed by atoms with Gasteiger partial charge in [0.1, 0.15) is 12.0 Å². The Kier molecular flexibility index (Phi) is 2.85. The van der Waals surface area contributed by atoms with E-state index in [-0.39, 0.29) is 0 Å². The minimum absolute atomic E-state index is 0.406. The molecule has 0 aliphatic carbocycles. The van der Waals surface area contributed by atoms with Crippen LogP contribution in [-0.4, -0.2) is 27.8 Å². The number of H-pyrrole nitrogens is 1. The summed E-state index contributed by atoms with van der Waals surface area (Å²) in [5, 5.41) is 0.651. The number of carbonyl (C=O) groups is 1. The van der Waals surface area contributed by atoms with E-state index in [1.165, 1.54) is 6.33 Å². The van der Waals surface area contributed by atoms with Gasteiger partial charge in [-0.3, -0.25) is 4.79 Å². The zero-order chi connectivity index (χ0) is 11.5. The summed E-state index contributed by atoms with van der Waals surface area (Å²) in [6.07, 6.45) is 3.79. The van der Waals surface area contributed by atoms with E-state index in [4.69, 9.17) is 4.74 Å². The van der Waals surface area contributed by atoms with Crippen molar-refractivity contribution in [1.29, 1.82) is 0 Å². The Morgan fingerprint density at radius 1 is 1.50 bits per heavy atom. The number of aromatic nitrogens is 3. The highest BCUT2D eigenvalue weighted by Crippen LogP contribution is 2.24. The number of nitrogens with one attached hydrogen (secondary N) is 1. The number of ether oxygens (including phenoxy) is 1. The van der Waals surface area contributed by atoms with Crippen LogP contribution in [0.15, 0.2) is 12.5 Å². The third kappa shape index (κ3) is 1.88. The molecular weight excluding hydrogens is 206 g/mol. The normalized spacial score (nSPS) is 10.9. The second kappa shape index (κ2) is 4.30. The maximum atomic E-state index is 10.8. The summed E-state index contributed by atoms with van der Waals surface area (Å²) in [5.41, 5.74) is 1.14. The number of aromatic amines is 1. The molecule has 0 aliphatic rings. The predicted molar refractivity (Wildman–Crippen MR) is 59.6 cm³/mol. The summed E-state index contributed by atoms with van der Waals surface area (Å²) in [7, 11) is 0. The minimum atomic E-state index is 0.406. The van der Waals surface area contributed by atoms with E-state index in [9.17, 15) is 4.79 Å². The van der Waals surface area contributed by atoms with Crippen LogP contribution >= 0.6 is 0 Å². The molecule has 1 N–H and O–H groups in total. The van der Waals surface area contributed by atoms with E-state index in [2.05, 4.69) is 28.8 Å². The van der Waals surface area contributed by atoms with Crippen molar-refractivity contribution in [3.05, 3.63) is 18.1 Å². The predicted octanol–water partition coefficient (Wildman–Crippen LogP) is 1.81. The molecular formula is C11H13N3O2. The first-order valence-electron chi connectivity index (χ1n) is 5.12. The van der Waals surface area contributed by atoms with Crippen LogP contribution in [0.1, 0.15) is 24.2 Å². The van der Waals surface area contributed by atoms with Crippen molar-refractivity contribution in [2.75, 3.05) is 6.61 Å². The Morgan fingerprint density at radius 2 is 2.31 bits per heavy atom. The first-order valence-corrected chi connectivity index (χ1v) is 5.12. The van der Waals surface area contributed by atoms with E-state index in [0.717, 1.165) is 6.29 Å². The van der Waals surface area contributed by atoms with Gasteiger partial charge in [-0.15, -0.1) is 0 Å². The lowest BCUT2D eigenvalue weighted by atomic mass is 10.2. The van der Waals surface area contributed by atoms with Gasteiger partial charge >= 0.3 is 0 Å². The maximum absolute atomic E-state index is 10.8. The molecule has 2 aromatic rings. The van der Waals surface area contributed by atoms with Crippen molar-refractivity contribution < 1.29 is 9.53 Å². The summed E-state index contributed by atoms with van der Waals surface area (Å²) >= 11 is 0. The summed E-state index contributed by atoms with van der Waals surface area (Å²) in [4.78, 5) is 21.8. The molecule has 5 nitrogen and oxygen atoms in total. The average Bonchev–Trinajstić information content (AvgIpc) is 2.69. The van der Waals surface area contributed by atoms with Crippen molar-refractivity contribution in [1.82, 2.24) is 15.0 Å². The Morgan fingerprint density at radius 3 is 3.00 bits per heavy atom. The van der Waals surface area contributed by atoms with E-state index in [1.807, 2.05) is 0 Å². The van der Waals surface area contributed by atoms with Crippen molar-refractivity contribution in [3.63, 3.8) is 0 Å². The van der Waals surface area contributed by atoms with Crippen LogP contribution in [0, 0.1) is 5.92 Å². The van der Waals surface area contributed by atoms with E-state index < -0.39 is 0 Å². The second-order valence-corrected chi connectivity index (χ2v) is 3.97. The van der Waals surface area contributed by atoms with Crippen LogP contribution in [0.2, 0.25) is 0 Å². The zero-order valence-corrected chi connectivity index (χ0v) is 9.23. The van der Waals surface area contributed by atoms with Gasteiger partial charge in [0.05, 0.1) is 12.0 Å². The fourth-order valence-electron chi connectivity index (χ4n) is 1.41. The van der Waals surface area contributed by atoms with Crippen molar-refractivity contribution in [2.45, 2.75) is 13.8 Å². The fourth-order valence-corrected chi connectivity index (χ4v) is 1.41. The van der Waals surface area contributed by atoms with Gasteiger partial charge in [0.2, 0.25) is 5.88 Å². The van der Waals surface area contributed by atoms with Gasteiger partial charge < -0.3 is 9.72 Å². The third-order valence-electron chi connectivity index (χ3n) is 2.15. The number of fused-ring (bicyclic) bond motifs is 1. The molecule has 2 rings (SSSR count). The quantitative estimate of drug-likeness (QED) is 0.796. The van der Waals surface area contributed by atoms with Crippen molar-refractivity contribution in [3.8, 4) is 5.88 Å². The highest BCUT2D eigenvalue weighted by atomic mass is 16.5. The monoisotopic (exact) mass is 219 g/mol. The molecule has 0 amide bonds. The Balaban J connectivity index is 2.42. The molecule has 0 saturated heterocycles. The maximum Gasteiger partial charge on any atom is 0.226 e. The van der Waals surface area contributed by atoms with Gasteiger partial charge in [0.15, 0.2) is 6.29 Å². The van der Waals surface area contributed by atoms with Gasteiger partial charge in [-0.25, -0.2) is 9.97 Å². The molecule has 0 spiro atoms. The van der Waals surface area contributed by atoms with Crippen LogP contribution in [0.4, 0.5) is 0 Å². The molecule has 0 aliphatic heterocycles. The lowest BCUT2D eigenvalue weighted by molar-refractivity contribution is 0.112. The zero-order valence-electron chi connectivity index (χ0n) is 9.23. The van der Waals surface area contributed by atoms with Gasteiger partial charge in [0, 0.05) is 11.8 Å². The lowest BCUT2D eigenvalue weighted by Gasteiger charge is -2.08. The molecule has 0 radical (unpaired) electrons. The third-order valence-corrected chi connectivity index (χ3v) is 2.15. The van der Waals surface area contributed by atoms with E-state index in [0.29, 0.717) is 35.0 Å². The molecule has 5 heteroatoms. The number of aldehydes is 1. The topological polar surface area (TPSA) is 67.9 Å². The average molecular weight is 219 g/mol. The Labute approximate surface area is 92.9 Å². The molecule has 84 valence electrons. The smallest absolute Gasteiger partial charge is 0.226 e. The number of nitrogens with zero attached hydrogens (tertiary/aromatic N) is 2. The Bertz CT molecular complexity index is 505. The molecule has 0 bridgehead atoms. The first-order chi connectivity index (χ1) is 7.72. The summed E-state index contributed by atoms with van der Waals surface area (Å²) in [5.74, 6) is 0.866. The first kappa shape index (κ1) is 10.6. The Hall–Kier alpha value is -1.91. The summed E-state index contributed by atoms with van der Waals surface area (Å²) in [6.45, 7) is 4.67. The molecule has 0 aromatic carbocycles. The molecule has 2 aromatic heterocycles. The highest BCUT2D eigenvalue weighted by molar-refractivity contribution is 5.98. The largest absolute Gasteiger partial charge is 0.477 e. The number of hydrogen-bond donors (Lipinski definition) is 1. The van der Waals surface area contributed by atoms with Crippen LogP contribution in [-0.2, 0) is 0 Å². The molecule has 0 saturated carbocycles. The molecule has 16 heavy (non-hydrogen) atoms. The molecule has 0 atom stereocenters. The van der Waals surface area contributed by atoms with Crippen LogP contribution in [0.3, 0.4) is 0 Å². The number of carbonyl (C=O) groups excluding carboxylic acids is 1. The van der Waals surface area contributed by atoms with Crippen LogP contribution < -0.4 is 4.74 Å². The van der Waals surface area contributed by atoms with Gasteiger partial charge in [-0.1, -0.05) is 13.8 Å². The lowest BCUT2D eigenvalue weighted by Crippen LogP contribution is -2.06. The standard InChI is InChI=1S/C11H13N3O2/c1-7(2)5-16-11-9-8(4-15)3-12-10(9)13-6-14-11/h3-4,6-7H,5H2,1-2H3,(H,12,13,14). The minimum Gasteiger partial charge on any atom is -0.477 e. The van der Waals surface area contributed by atoms with Gasteiger partial charge in [0.25, 0.3) is 0 Å². The second-order valence-electron chi connectivity index (χ2n) is 3.97. The summed E-state index contributed by atoms with van der Waals surface area (Å²) in [6, 6.07) is 0. The van der Waals surface area contributed by atoms with Crippen molar-refractivity contribution >= 4 is 17.3 Å². The van der Waals surface area contributed by atoms with E-state index in [1.54, 1.807) is 6.20 Å².